The fourth-order valence-electron chi connectivity index (χ4n) is 5.59. The zero-order valence-electron chi connectivity index (χ0n) is 27.9. The summed E-state index contributed by atoms with van der Waals surface area (Å²) < 4.78 is 14.0. The van der Waals surface area contributed by atoms with Crippen LogP contribution in [0.15, 0.2) is 90.8 Å². The summed E-state index contributed by atoms with van der Waals surface area (Å²) in [6.45, 7) is 12.0. The van der Waals surface area contributed by atoms with E-state index in [0.717, 1.165) is 18.5 Å². The quantitative estimate of drug-likeness (QED) is 0.110. The molecule has 3 aromatic carbocycles. The molecule has 0 bridgehead atoms. The van der Waals surface area contributed by atoms with Crippen LogP contribution < -0.4 is 34.2 Å². The molecular formula is C38H41BIrNO2Se2-. The van der Waals surface area contributed by atoms with Gasteiger partial charge in [-0.2, -0.15) is 0 Å². The molecular weight excluding hydrogens is 863 g/mol. The van der Waals surface area contributed by atoms with Crippen molar-refractivity contribution in [3.05, 3.63) is 96.9 Å². The summed E-state index contributed by atoms with van der Waals surface area (Å²) >= 11 is 0.628. The number of allylic oxidation sites excluding steroid dienone is 2. The number of hydrogen-bond acceptors (Lipinski definition) is 3. The predicted octanol–water partition coefficient (Wildman–Crippen LogP) is 3.65. The number of pyridine rings is 1. The first kappa shape index (κ1) is 34.1. The van der Waals surface area contributed by atoms with Crippen LogP contribution in [0.3, 0.4) is 0 Å². The topological polar surface area (TPSA) is 50.2 Å². The molecule has 0 fully saturated rings. The molecule has 0 amide bonds. The maximum absolute atomic E-state index is 12.3. The first-order valence-electron chi connectivity index (χ1n) is 16.1. The Labute approximate surface area is 297 Å². The van der Waals surface area contributed by atoms with Gasteiger partial charge in [-0.1, -0.05) is 41.5 Å². The second-order valence-corrected chi connectivity index (χ2v) is 16.5. The van der Waals surface area contributed by atoms with Crippen molar-refractivity contribution in [1.29, 1.82) is 0 Å². The summed E-state index contributed by atoms with van der Waals surface area (Å²) in [5.74, 6) is -0.288. The number of aliphatic hydroxyl groups excluding tert-OH is 1. The van der Waals surface area contributed by atoms with Crippen LogP contribution in [0.25, 0.3) is 11.3 Å². The molecule has 0 atom stereocenters. The second-order valence-electron chi connectivity index (χ2n) is 12.0. The number of aliphatic hydroxyl groups is 1. The van der Waals surface area contributed by atoms with Crippen molar-refractivity contribution in [3.63, 3.8) is 0 Å². The molecule has 6 rings (SSSR count). The van der Waals surface area contributed by atoms with E-state index in [1.807, 2.05) is 53.8 Å². The summed E-state index contributed by atoms with van der Waals surface area (Å²) in [7, 11) is 0. The Hall–Kier alpha value is -2.23. The van der Waals surface area contributed by atoms with Crippen molar-refractivity contribution in [2.75, 3.05) is 0 Å². The van der Waals surface area contributed by atoms with E-state index < -0.39 is 10.8 Å². The first-order chi connectivity index (χ1) is 21.6. The van der Waals surface area contributed by atoms with Gasteiger partial charge in [0.15, 0.2) is 5.78 Å². The molecule has 4 aromatic rings. The van der Waals surface area contributed by atoms with Gasteiger partial charge in [-0.05, 0) is 25.7 Å². The van der Waals surface area contributed by atoms with Gasteiger partial charge in [-0.25, -0.2) is 0 Å². The number of nitrogens with zero attached hydrogens (tertiary/aromatic N) is 1. The maximum atomic E-state index is 12.3. The minimum absolute atomic E-state index is 0. The van der Waals surface area contributed by atoms with E-state index in [9.17, 15) is 9.90 Å². The van der Waals surface area contributed by atoms with Crippen LogP contribution in [0, 0.1) is 16.9 Å². The Bertz CT molecular complexity index is 1730. The fourth-order valence-corrected chi connectivity index (χ4v) is 11.0. The molecule has 3 nitrogen and oxygen atoms in total. The van der Waals surface area contributed by atoms with E-state index in [-0.39, 0.29) is 52.7 Å². The number of benzene rings is 3. The summed E-state index contributed by atoms with van der Waals surface area (Å²) in [6, 6.07) is 29.9. The number of ketones is 1. The molecule has 1 radical (unpaired) electrons. The van der Waals surface area contributed by atoms with Gasteiger partial charge in [0, 0.05) is 37.0 Å². The molecule has 235 valence electrons. The van der Waals surface area contributed by atoms with Gasteiger partial charge in [0.25, 0.3) is 0 Å². The van der Waals surface area contributed by atoms with E-state index in [1.54, 1.807) is 5.46 Å². The molecule has 0 spiro atoms. The van der Waals surface area contributed by atoms with Crippen molar-refractivity contribution in [2.45, 2.75) is 67.2 Å². The van der Waals surface area contributed by atoms with E-state index in [1.165, 1.54) is 34.3 Å². The monoisotopic (exact) mass is 908 g/mol. The molecule has 0 aliphatic carbocycles. The molecule has 2 aliphatic heterocycles. The summed E-state index contributed by atoms with van der Waals surface area (Å²) in [5.41, 5.74) is 5.78. The third kappa shape index (κ3) is 7.06. The molecule has 45 heavy (non-hydrogen) atoms. The number of carbonyl (C=O) groups excluding carboxylic acids is 1. The number of hydrogen-bond donors (Lipinski definition) is 1. The Balaban J connectivity index is 0.000000225. The Kier molecular flexibility index (Phi) is 11.5. The summed E-state index contributed by atoms with van der Waals surface area (Å²) in [4.78, 5) is 17.0. The van der Waals surface area contributed by atoms with Gasteiger partial charge in [0.1, 0.15) is 5.76 Å². The van der Waals surface area contributed by atoms with Crippen LogP contribution in [0.2, 0.25) is 0 Å². The molecule has 0 saturated heterocycles. The van der Waals surface area contributed by atoms with Crippen LogP contribution >= 0.6 is 0 Å². The fraction of sp³-hybridized carbons (Fsp3) is 0.316. The van der Waals surface area contributed by atoms with Gasteiger partial charge >= 0.3 is 172 Å². The summed E-state index contributed by atoms with van der Waals surface area (Å²) in [6.07, 6.45) is 4.70. The standard InChI is InChI=1S/C23H13BNSe2.C15H28O2.Ir/c1-3-10-19-16(7-1)24-17-8-2-4-11-20(17)27-23-15(18-9-5-6-14-25-18)12-13-21(26-19)22(23)24;1-7-14(5,8-2)12(16)11-13(17)15(6,9-3)10-4;/h1-11,13-14H;11,16H,7-10H2,1-6H3;/q-1;;/b;12-11-;/i;11D;. The molecule has 1 N–H and O–H groups in total. The van der Waals surface area contributed by atoms with E-state index in [0.29, 0.717) is 34.5 Å². The molecule has 0 unspecified atom stereocenters. The zero-order chi connectivity index (χ0) is 32.4. The average Bonchev–Trinajstić information content (AvgIpc) is 3.10. The van der Waals surface area contributed by atoms with Crippen molar-refractivity contribution < 1.29 is 31.4 Å². The average molecular weight is 906 g/mol. The van der Waals surface area contributed by atoms with Crippen molar-refractivity contribution >= 4 is 76.6 Å². The van der Waals surface area contributed by atoms with Crippen molar-refractivity contribution in [3.8, 4) is 11.3 Å². The number of fused-ring (bicyclic) bond motifs is 4. The molecule has 1 aromatic heterocycles. The number of aromatic nitrogens is 1. The minimum atomic E-state index is -0.534. The molecule has 2 aliphatic rings. The third-order valence-corrected chi connectivity index (χ3v) is 14.6. The first-order valence-corrected chi connectivity index (χ1v) is 19.0. The number of carbonyl (C=O) groups is 1. The number of rotatable bonds is 8. The van der Waals surface area contributed by atoms with Gasteiger partial charge in [0.2, 0.25) is 0 Å². The Morgan fingerprint density at radius 1 is 0.867 bits per heavy atom. The second kappa shape index (κ2) is 15.1. The Morgan fingerprint density at radius 3 is 1.98 bits per heavy atom. The third-order valence-electron chi connectivity index (χ3n) is 9.66. The molecule has 3 heterocycles. The zero-order valence-corrected chi connectivity index (χ0v) is 32.7. The Morgan fingerprint density at radius 2 is 1.42 bits per heavy atom. The van der Waals surface area contributed by atoms with Crippen LogP contribution in [-0.2, 0) is 24.9 Å². The van der Waals surface area contributed by atoms with Crippen LogP contribution in [0.1, 0.15) is 68.6 Å². The normalized spacial score (nSPS) is 13.9. The van der Waals surface area contributed by atoms with Gasteiger partial charge in [-0.15, -0.1) is 0 Å². The van der Waals surface area contributed by atoms with E-state index >= 15 is 0 Å². The molecule has 7 heteroatoms. The summed E-state index contributed by atoms with van der Waals surface area (Å²) in [5, 5.41) is 10.2. The molecule has 0 saturated carbocycles. The van der Waals surface area contributed by atoms with Gasteiger partial charge < -0.3 is 5.11 Å². The van der Waals surface area contributed by atoms with Crippen molar-refractivity contribution in [2.24, 2.45) is 10.8 Å². The van der Waals surface area contributed by atoms with Crippen molar-refractivity contribution in [1.82, 2.24) is 4.98 Å². The van der Waals surface area contributed by atoms with E-state index in [4.69, 9.17) is 1.37 Å². The van der Waals surface area contributed by atoms with E-state index in [2.05, 4.69) is 77.8 Å². The van der Waals surface area contributed by atoms with Crippen LogP contribution in [0.4, 0.5) is 0 Å². The van der Waals surface area contributed by atoms with Crippen LogP contribution in [0.5, 0.6) is 0 Å². The SMILES string of the molecule is [2H]/C(C(=O)C(C)(CC)CC)=C(/O)C(C)(CC)CC.[Ir].[c-]1cc2c3c(c1-c1ccccn1)[Se]c1ccccc1B3c1ccccc1[Se]2. The van der Waals surface area contributed by atoms with Crippen LogP contribution in [-0.4, -0.2) is 52.5 Å². The van der Waals surface area contributed by atoms with Gasteiger partial charge in [0.05, 0.1) is 1.37 Å². The van der Waals surface area contributed by atoms with Gasteiger partial charge in [-0.3, -0.25) is 4.79 Å². The predicted molar refractivity (Wildman–Crippen MR) is 189 cm³/mol.